The van der Waals surface area contributed by atoms with E-state index in [1.54, 1.807) is 0 Å². The summed E-state index contributed by atoms with van der Waals surface area (Å²) in [7, 11) is 0. The zero-order valence-corrected chi connectivity index (χ0v) is 21.2. The van der Waals surface area contributed by atoms with Gasteiger partial charge in [-0.15, -0.1) is 0 Å². The molecule has 5 atom stereocenters. The summed E-state index contributed by atoms with van der Waals surface area (Å²) < 4.78 is 0. The van der Waals surface area contributed by atoms with Gasteiger partial charge in [-0.25, -0.2) is 0 Å². The topological polar surface area (TPSA) is 61.4 Å². The first-order valence-electron chi connectivity index (χ1n) is 13.8. The number of fused-ring (bicyclic) bond motifs is 3. The van der Waals surface area contributed by atoms with E-state index in [0.29, 0.717) is 11.5 Å². The highest BCUT2D eigenvalue weighted by Crippen LogP contribution is 2.50. The Morgan fingerprint density at radius 3 is 2.30 bits per heavy atom. The van der Waals surface area contributed by atoms with Gasteiger partial charge < -0.3 is 15.5 Å². The van der Waals surface area contributed by atoms with E-state index in [-0.39, 0.29) is 35.9 Å². The molecule has 1 saturated carbocycles. The number of likely N-dealkylation sites (tertiary alicyclic amines) is 1. The molecule has 3 aromatic rings. The molecule has 2 aliphatic heterocycles. The zero-order chi connectivity index (χ0) is 25.2. The van der Waals surface area contributed by atoms with Crippen molar-refractivity contribution in [3.8, 4) is 0 Å². The number of amides is 2. The first-order chi connectivity index (χ1) is 18.2. The van der Waals surface area contributed by atoms with Gasteiger partial charge >= 0.3 is 0 Å². The van der Waals surface area contributed by atoms with E-state index in [1.807, 2.05) is 30.3 Å². The fourth-order valence-corrected chi connectivity index (χ4v) is 6.83. The molecular weight excluding hydrogens is 458 g/mol. The molecule has 5 nitrogen and oxygen atoms in total. The predicted octanol–water partition coefficient (Wildman–Crippen LogP) is 6.12. The van der Waals surface area contributed by atoms with Crippen molar-refractivity contribution in [3.63, 3.8) is 0 Å². The van der Waals surface area contributed by atoms with Gasteiger partial charge in [0.1, 0.15) is 0 Å². The Hall–Kier alpha value is -3.60. The van der Waals surface area contributed by atoms with Crippen LogP contribution in [0.4, 0.5) is 5.69 Å². The maximum absolute atomic E-state index is 14.3. The van der Waals surface area contributed by atoms with E-state index in [4.69, 9.17) is 0 Å². The van der Waals surface area contributed by atoms with Crippen molar-refractivity contribution in [1.29, 1.82) is 0 Å². The van der Waals surface area contributed by atoms with E-state index >= 15 is 0 Å². The minimum atomic E-state index is -0.183. The highest BCUT2D eigenvalue weighted by Gasteiger charge is 2.46. The average molecular weight is 494 g/mol. The third-order valence-corrected chi connectivity index (χ3v) is 8.57. The first kappa shape index (κ1) is 23.8. The molecule has 0 radical (unpaired) electrons. The zero-order valence-electron chi connectivity index (χ0n) is 21.2. The van der Waals surface area contributed by atoms with Crippen LogP contribution in [-0.4, -0.2) is 29.3 Å². The maximum atomic E-state index is 14.3. The molecule has 0 bridgehead atoms. The summed E-state index contributed by atoms with van der Waals surface area (Å²) in [6.45, 7) is 0.770. The van der Waals surface area contributed by atoms with Crippen LogP contribution in [0.15, 0.2) is 84.9 Å². The Bertz CT molecular complexity index is 1250. The molecule has 2 fully saturated rings. The number of hydrogen-bond donors (Lipinski definition) is 2. The van der Waals surface area contributed by atoms with Gasteiger partial charge in [0.05, 0.1) is 18.0 Å². The summed E-state index contributed by atoms with van der Waals surface area (Å²) >= 11 is 0. The predicted molar refractivity (Wildman–Crippen MR) is 146 cm³/mol. The quantitative estimate of drug-likeness (QED) is 0.460. The largest absolute Gasteiger partial charge is 0.378 e. The summed E-state index contributed by atoms with van der Waals surface area (Å²) in [6.07, 6.45) is 5.82. The highest BCUT2D eigenvalue weighted by atomic mass is 16.2. The van der Waals surface area contributed by atoms with Crippen LogP contribution in [0.3, 0.4) is 0 Å². The number of piperidine rings is 1. The number of anilines is 1. The van der Waals surface area contributed by atoms with Crippen LogP contribution in [0.25, 0.3) is 0 Å². The third-order valence-electron chi connectivity index (χ3n) is 8.57. The Balaban J connectivity index is 1.30. The second kappa shape index (κ2) is 10.4. The Morgan fingerprint density at radius 1 is 0.784 bits per heavy atom. The normalized spacial score (nSPS) is 26.8. The number of nitrogens with one attached hydrogen (secondary N) is 2. The second-order valence-electron chi connectivity index (χ2n) is 10.7. The average Bonchev–Trinajstić information content (AvgIpc) is 2.97. The van der Waals surface area contributed by atoms with E-state index in [2.05, 4.69) is 70.1 Å². The van der Waals surface area contributed by atoms with Gasteiger partial charge in [0.15, 0.2) is 0 Å². The summed E-state index contributed by atoms with van der Waals surface area (Å²) in [4.78, 5) is 29.5. The molecule has 1 aliphatic carbocycles. The van der Waals surface area contributed by atoms with Gasteiger partial charge in [0, 0.05) is 29.8 Å². The second-order valence-corrected chi connectivity index (χ2v) is 10.7. The summed E-state index contributed by atoms with van der Waals surface area (Å²) in [5, 5.41) is 7.04. The van der Waals surface area contributed by atoms with Crippen LogP contribution >= 0.6 is 0 Å². The fourth-order valence-electron chi connectivity index (χ4n) is 6.83. The molecule has 0 aromatic heterocycles. The van der Waals surface area contributed by atoms with E-state index < -0.39 is 0 Å². The summed E-state index contributed by atoms with van der Waals surface area (Å²) in [5.74, 6) is 0.239. The first-order valence-corrected chi connectivity index (χ1v) is 13.8. The number of para-hydroxylation sites is 1. The van der Waals surface area contributed by atoms with Gasteiger partial charge in [0.2, 0.25) is 5.91 Å². The van der Waals surface area contributed by atoms with Crippen molar-refractivity contribution in [2.45, 2.75) is 56.7 Å². The molecule has 3 aromatic carbocycles. The third kappa shape index (κ3) is 4.63. The fraction of sp³-hybridized carbons (Fsp3) is 0.375. The van der Waals surface area contributed by atoms with Crippen molar-refractivity contribution in [1.82, 2.24) is 10.2 Å². The SMILES string of the molecule is O=C(N[C@@H]1CCCC[C@@H]1C(=O)N1CCC[C@@H]2[C@H](c3ccccc3)Nc3ccccc3[C@@H]21)c1ccccc1. The number of carbonyl (C=O) groups is 2. The number of carbonyl (C=O) groups excluding carboxylic acids is 2. The van der Waals surface area contributed by atoms with Crippen molar-refractivity contribution in [3.05, 3.63) is 102 Å². The van der Waals surface area contributed by atoms with Gasteiger partial charge in [0.25, 0.3) is 5.91 Å². The molecule has 190 valence electrons. The molecule has 2 amide bonds. The smallest absolute Gasteiger partial charge is 0.251 e. The van der Waals surface area contributed by atoms with E-state index in [0.717, 1.165) is 50.8 Å². The van der Waals surface area contributed by atoms with Crippen molar-refractivity contribution >= 4 is 17.5 Å². The van der Waals surface area contributed by atoms with Crippen LogP contribution < -0.4 is 10.6 Å². The Labute approximate surface area is 219 Å². The minimum Gasteiger partial charge on any atom is -0.378 e. The Kier molecular flexibility index (Phi) is 6.69. The van der Waals surface area contributed by atoms with Crippen LogP contribution in [0.1, 0.15) is 72.1 Å². The molecule has 1 saturated heterocycles. The number of benzene rings is 3. The minimum absolute atomic E-state index is 0.0382. The highest BCUT2D eigenvalue weighted by molar-refractivity contribution is 5.94. The molecule has 5 heteroatoms. The lowest BCUT2D eigenvalue weighted by Gasteiger charge is -2.50. The molecular formula is C32H35N3O2. The summed E-state index contributed by atoms with van der Waals surface area (Å²) in [6, 6.07) is 28.5. The molecule has 0 unspecified atom stereocenters. The molecule has 3 aliphatic rings. The van der Waals surface area contributed by atoms with Crippen LogP contribution in [-0.2, 0) is 4.79 Å². The lowest BCUT2D eigenvalue weighted by molar-refractivity contribution is -0.143. The maximum Gasteiger partial charge on any atom is 0.251 e. The standard InChI is InChI=1S/C32H35N3O2/c36-31(23-14-5-2-6-15-23)34-28-20-10-8-17-25(28)32(37)35-21-11-18-26-29(22-12-3-1-4-13-22)33-27-19-9-7-16-24(27)30(26)35/h1-7,9,12-16,19,25-26,28-30,33H,8,10-11,17-18,20-21H2,(H,34,36)/t25-,26+,28+,29-,30-/m0/s1. The Morgan fingerprint density at radius 2 is 1.49 bits per heavy atom. The van der Waals surface area contributed by atoms with Crippen molar-refractivity contribution in [2.75, 3.05) is 11.9 Å². The van der Waals surface area contributed by atoms with Gasteiger partial charge in [-0.2, -0.15) is 0 Å². The number of hydrogen-bond acceptors (Lipinski definition) is 3. The number of rotatable bonds is 4. The molecule has 2 heterocycles. The molecule has 37 heavy (non-hydrogen) atoms. The number of nitrogens with zero attached hydrogens (tertiary/aromatic N) is 1. The van der Waals surface area contributed by atoms with Gasteiger partial charge in [-0.3, -0.25) is 9.59 Å². The molecule has 6 rings (SSSR count). The van der Waals surface area contributed by atoms with Crippen LogP contribution in [0.5, 0.6) is 0 Å². The van der Waals surface area contributed by atoms with Gasteiger partial charge in [-0.05, 0) is 55.0 Å². The van der Waals surface area contributed by atoms with E-state index in [1.165, 1.54) is 11.1 Å². The van der Waals surface area contributed by atoms with Crippen molar-refractivity contribution < 1.29 is 9.59 Å². The van der Waals surface area contributed by atoms with Crippen molar-refractivity contribution in [2.24, 2.45) is 11.8 Å². The van der Waals surface area contributed by atoms with Crippen LogP contribution in [0.2, 0.25) is 0 Å². The summed E-state index contributed by atoms with van der Waals surface area (Å²) in [5.41, 5.74) is 4.26. The van der Waals surface area contributed by atoms with Gasteiger partial charge in [-0.1, -0.05) is 79.6 Å². The molecule has 2 N–H and O–H groups in total. The lowest BCUT2D eigenvalue weighted by atomic mass is 9.73. The molecule has 0 spiro atoms. The monoisotopic (exact) mass is 493 g/mol. The van der Waals surface area contributed by atoms with Crippen LogP contribution in [0, 0.1) is 11.8 Å². The lowest BCUT2D eigenvalue weighted by Crippen LogP contribution is -2.54. The van der Waals surface area contributed by atoms with E-state index in [9.17, 15) is 9.59 Å².